The number of nitrogens with zero attached hydrogens (tertiary/aromatic N) is 2. The van der Waals surface area contributed by atoms with Crippen molar-refractivity contribution in [1.29, 1.82) is 0 Å². The second-order valence-electron chi connectivity index (χ2n) is 5.61. The van der Waals surface area contributed by atoms with E-state index in [-0.39, 0.29) is 17.6 Å². The molecule has 0 aliphatic rings. The van der Waals surface area contributed by atoms with Crippen LogP contribution in [0.2, 0.25) is 0 Å². The summed E-state index contributed by atoms with van der Waals surface area (Å²) < 4.78 is 84.1. The predicted molar refractivity (Wildman–Crippen MR) is 98.8 cm³/mol. The summed E-state index contributed by atoms with van der Waals surface area (Å²) in [6.07, 6.45) is 1.02. The topological polar surface area (TPSA) is 90.4 Å². The number of halogens is 3. The molecule has 0 aliphatic heterocycles. The van der Waals surface area contributed by atoms with Gasteiger partial charge in [0.25, 0.3) is 0 Å². The molecular weight excluding hydrogens is 431 g/mol. The Balaban J connectivity index is 1.97. The molecule has 0 spiro atoms. The van der Waals surface area contributed by atoms with Crippen LogP contribution in [0.25, 0.3) is 10.6 Å². The van der Waals surface area contributed by atoms with E-state index in [9.17, 15) is 21.6 Å². The maximum absolute atomic E-state index is 14.8. The van der Waals surface area contributed by atoms with E-state index in [1.807, 2.05) is 0 Å². The number of rotatable bonds is 7. The van der Waals surface area contributed by atoms with Crippen LogP contribution in [0.15, 0.2) is 35.5 Å². The molecule has 0 fully saturated rings. The predicted octanol–water partition coefficient (Wildman–Crippen LogP) is 3.12. The van der Waals surface area contributed by atoms with Crippen LogP contribution in [0, 0.1) is 17.5 Å². The van der Waals surface area contributed by atoms with Gasteiger partial charge >= 0.3 is 0 Å². The van der Waals surface area contributed by atoms with Gasteiger partial charge in [0.2, 0.25) is 10.0 Å². The summed E-state index contributed by atoms with van der Waals surface area (Å²) in [4.78, 5) is 2.57. The average molecular weight is 445 g/mol. The zero-order valence-electron chi connectivity index (χ0n) is 15.1. The summed E-state index contributed by atoms with van der Waals surface area (Å²) in [5.74, 6) is -3.72. The van der Waals surface area contributed by atoms with Gasteiger partial charge in [0, 0.05) is 18.2 Å². The quantitative estimate of drug-likeness (QED) is 0.562. The fourth-order valence-electron chi connectivity index (χ4n) is 2.50. The molecule has 154 valence electrons. The van der Waals surface area contributed by atoms with Crippen molar-refractivity contribution in [3.8, 4) is 22.1 Å². The SMILES string of the molecule is COc1ccc(CNS(=O)(=O)c2cc(F)c(F)c(-c3ncns3)c2F)c(OC)c1. The largest absolute Gasteiger partial charge is 0.497 e. The Bertz CT molecular complexity index is 1140. The van der Waals surface area contributed by atoms with Crippen molar-refractivity contribution in [2.24, 2.45) is 0 Å². The number of sulfonamides is 1. The van der Waals surface area contributed by atoms with Gasteiger partial charge in [0.15, 0.2) is 17.5 Å². The van der Waals surface area contributed by atoms with Gasteiger partial charge in [-0.05, 0) is 23.7 Å². The first-order chi connectivity index (χ1) is 13.8. The lowest BCUT2D eigenvalue weighted by Crippen LogP contribution is -2.25. The highest BCUT2D eigenvalue weighted by Crippen LogP contribution is 2.32. The molecule has 0 amide bonds. The van der Waals surface area contributed by atoms with E-state index in [1.165, 1.54) is 20.3 Å². The Kier molecular flexibility index (Phi) is 6.05. The van der Waals surface area contributed by atoms with Gasteiger partial charge in [-0.3, -0.25) is 0 Å². The number of hydrogen-bond acceptors (Lipinski definition) is 7. The molecule has 0 aliphatic carbocycles. The monoisotopic (exact) mass is 445 g/mol. The molecular formula is C17H14F3N3O4S2. The fourth-order valence-corrected chi connectivity index (χ4v) is 4.15. The molecule has 1 aromatic heterocycles. The van der Waals surface area contributed by atoms with Crippen molar-refractivity contribution in [1.82, 2.24) is 14.1 Å². The van der Waals surface area contributed by atoms with Crippen LogP contribution in [-0.4, -0.2) is 32.0 Å². The average Bonchev–Trinajstić information content (AvgIpc) is 3.23. The van der Waals surface area contributed by atoms with E-state index in [1.54, 1.807) is 12.1 Å². The molecule has 3 aromatic rings. The smallest absolute Gasteiger partial charge is 0.243 e. The number of ether oxygens (including phenoxy) is 2. The number of aromatic nitrogens is 2. The lowest BCUT2D eigenvalue weighted by molar-refractivity contribution is 0.390. The Morgan fingerprint density at radius 1 is 1.10 bits per heavy atom. The molecule has 0 saturated heterocycles. The third kappa shape index (κ3) is 4.18. The molecule has 7 nitrogen and oxygen atoms in total. The van der Waals surface area contributed by atoms with Crippen LogP contribution in [0.1, 0.15) is 5.56 Å². The van der Waals surface area contributed by atoms with Gasteiger partial charge in [-0.2, -0.15) is 4.37 Å². The molecule has 1 N–H and O–H groups in total. The van der Waals surface area contributed by atoms with Gasteiger partial charge in [0.05, 0.1) is 19.8 Å². The van der Waals surface area contributed by atoms with Crippen LogP contribution in [-0.2, 0) is 16.6 Å². The molecule has 12 heteroatoms. The lowest BCUT2D eigenvalue weighted by atomic mass is 10.2. The van der Waals surface area contributed by atoms with Gasteiger partial charge in [-0.25, -0.2) is 31.3 Å². The summed E-state index contributed by atoms with van der Waals surface area (Å²) in [5, 5.41) is -0.284. The lowest BCUT2D eigenvalue weighted by Gasteiger charge is -2.13. The minimum absolute atomic E-state index is 0.281. The normalized spacial score (nSPS) is 11.5. The third-order valence-electron chi connectivity index (χ3n) is 3.93. The minimum atomic E-state index is -4.54. The van der Waals surface area contributed by atoms with Gasteiger partial charge in [0.1, 0.15) is 27.7 Å². The first kappa shape index (κ1) is 21.0. The molecule has 0 atom stereocenters. The summed E-state index contributed by atoms with van der Waals surface area (Å²) in [5.41, 5.74) is -0.473. The Morgan fingerprint density at radius 2 is 1.86 bits per heavy atom. The van der Waals surface area contributed by atoms with Crippen LogP contribution < -0.4 is 14.2 Å². The van der Waals surface area contributed by atoms with Crippen LogP contribution in [0.4, 0.5) is 13.2 Å². The van der Waals surface area contributed by atoms with E-state index in [4.69, 9.17) is 9.47 Å². The summed E-state index contributed by atoms with van der Waals surface area (Å²) in [7, 11) is -1.70. The van der Waals surface area contributed by atoms with Crippen molar-refractivity contribution in [2.75, 3.05) is 14.2 Å². The number of benzene rings is 2. The van der Waals surface area contributed by atoms with Crippen molar-refractivity contribution in [3.63, 3.8) is 0 Å². The van der Waals surface area contributed by atoms with E-state index >= 15 is 0 Å². The second kappa shape index (κ2) is 8.35. The van der Waals surface area contributed by atoms with E-state index in [0.29, 0.717) is 28.6 Å². The summed E-state index contributed by atoms with van der Waals surface area (Å²) in [6, 6.07) is 4.95. The highest BCUT2D eigenvalue weighted by Gasteiger charge is 2.29. The van der Waals surface area contributed by atoms with Crippen LogP contribution >= 0.6 is 11.5 Å². The van der Waals surface area contributed by atoms with Crippen molar-refractivity contribution in [3.05, 3.63) is 53.6 Å². The van der Waals surface area contributed by atoms with Crippen molar-refractivity contribution < 1.29 is 31.1 Å². The highest BCUT2D eigenvalue weighted by atomic mass is 32.2. The van der Waals surface area contributed by atoms with Gasteiger partial charge in [-0.1, -0.05) is 6.07 Å². The molecule has 0 unspecified atom stereocenters. The van der Waals surface area contributed by atoms with Crippen molar-refractivity contribution in [2.45, 2.75) is 11.4 Å². The van der Waals surface area contributed by atoms with Crippen LogP contribution in [0.3, 0.4) is 0 Å². The highest BCUT2D eigenvalue weighted by molar-refractivity contribution is 7.89. The molecule has 3 rings (SSSR count). The number of nitrogens with one attached hydrogen (secondary N) is 1. The zero-order valence-corrected chi connectivity index (χ0v) is 16.7. The maximum Gasteiger partial charge on any atom is 0.243 e. The number of hydrogen-bond donors (Lipinski definition) is 1. The zero-order chi connectivity index (χ0) is 21.2. The van der Waals surface area contributed by atoms with E-state index in [2.05, 4.69) is 14.1 Å². The second-order valence-corrected chi connectivity index (χ2v) is 8.12. The molecule has 2 aromatic carbocycles. The standard InChI is InChI=1S/C17H14F3N3O4S2/c1-26-10-4-3-9(12(5-10)27-2)7-23-29(24,25)13-6-11(18)15(19)14(16(13)20)17-21-8-22-28-17/h3-6,8,23H,7H2,1-2H3. The van der Waals surface area contributed by atoms with Gasteiger partial charge in [-0.15, -0.1) is 0 Å². The Labute approximate surface area is 168 Å². The maximum atomic E-state index is 14.8. The molecule has 0 radical (unpaired) electrons. The molecule has 1 heterocycles. The fraction of sp³-hybridized carbons (Fsp3) is 0.176. The minimum Gasteiger partial charge on any atom is -0.497 e. The Morgan fingerprint density at radius 3 is 2.48 bits per heavy atom. The van der Waals surface area contributed by atoms with Crippen molar-refractivity contribution >= 4 is 21.6 Å². The third-order valence-corrected chi connectivity index (χ3v) is 6.02. The van der Waals surface area contributed by atoms with E-state index in [0.717, 1.165) is 6.33 Å². The first-order valence-electron chi connectivity index (χ1n) is 7.93. The summed E-state index contributed by atoms with van der Waals surface area (Å²) >= 11 is 0.600. The molecule has 29 heavy (non-hydrogen) atoms. The summed E-state index contributed by atoms with van der Waals surface area (Å²) in [6.45, 7) is -0.290. The van der Waals surface area contributed by atoms with Crippen LogP contribution in [0.5, 0.6) is 11.5 Å². The number of methoxy groups -OCH3 is 2. The molecule has 0 bridgehead atoms. The van der Waals surface area contributed by atoms with Gasteiger partial charge < -0.3 is 9.47 Å². The first-order valence-corrected chi connectivity index (χ1v) is 10.2. The Hall–Kier alpha value is -2.70. The molecule has 0 saturated carbocycles. The van der Waals surface area contributed by atoms with E-state index < -0.39 is 37.9 Å².